The van der Waals surface area contributed by atoms with Gasteiger partial charge >= 0.3 is 6.03 Å². The van der Waals surface area contributed by atoms with E-state index in [2.05, 4.69) is 10.6 Å². The fraction of sp³-hybridized carbons (Fsp3) is 0.636. The monoisotopic (exact) mass is 387 g/mol. The van der Waals surface area contributed by atoms with Crippen LogP contribution in [-0.4, -0.2) is 43.1 Å². The highest BCUT2D eigenvalue weighted by Gasteiger charge is 2.29. The second kappa shape index (κ2) is 10.3. The minimum atomic E-state index is -0.100. The number of nitrogens with zero attached hydrogens (tertiary/aromatic N) is 1. The zero-order valence-corrected chi connectivity index (χ0v) is 16.9. The first-order valence-electron chi connectivity index (χ1n) is 10.6. The molecule has 0 bridgehead atoms. The third-order valence-electron chi connectivity index (χ3n) is 5.87. The normalized spacial score (nSPS) is 20.0. The molecule has 1 atom stereocenters. The number of nitrogens with one attached hydrogen (secondary N) is 2. The Hall–Kier alpha value is -2.24. The first-order chi connectivity index (χ1) is 13.7. The van der Waals surface area contributed by atoms with Crippen LogP contribution in [0.15, 0.2) is 24.3 Å². The second-order valence-corrected chi connectivity index (χ2v) is 7.86. The molecule has 2 N–H and O–H groups in total. The maximum absolute atomic E-state index is 12.7. The molecule has 154 valence electrons. The summed E-state index contributed by atoms with van der Waals surface area (Å²) in [6.07, 6.45) is 9.00. The Balaban J connectivity index is 1.39. The van der Waals surface area contributed by atoms with Crippen LogP contribution in [0.25, 0.3) is 0 Å². The average molecular weight is 388 g/mol. The smallest absolute Gasteiger partial charge is 0.315 e. The van der Waals surface area contributed by atoms with Crippen LogP contribution in [0.3, 0.4) is 0 Å². The molecule has 1 heterocycles. The van der Waals surface area contributed by atoms with Crippen molar-refractivity contribution in [3.05, 3.63) is 29.8 Å². The van der Waals surface area contributed by atoms with Gasteiger partial charge in [-0.3, -0.25) is 4.79 Å². The van der Waals surface area contributed by atoms with Crippen molar-refractivity contribution in [2.24, 2.45) is 0 Å². The topological polar surface area (TPSA) is 70.7 Å². The quantitative estimate of drug-likeness (QED) is 0.700. The first-order valence-corrected chi connectivity index (χ1v) is 10.6. The Morgan fingerprint density at radius 2 is 1.82 bits per heavy atom. The van der Waals surface area contributed by atoms with Crippen LogP contribution in [0.2, 0.25) is 0 Å². The largest absolute Gasteiger partial charge is 0.497 e. The number of rotatable bonds is 7. The van der Waals surface area contributed by atoms with Gasteiger partial charge in [0.2, 0.25) is 5.91 Å². The Morgan fingerprint density at radius 3 is 2.54 bits per heavy atom. The summed E-state index contributed by atoms with van der Waals surface area (Å²) in [6, 6.07) is 8.36. The van der Waals surface area contributed by atoms with Crippen LogP contribution in [0.5, 0.6) is 5.75 Å². The van der Waals surface area contributed by atoms with Crippen molar-refractivity contribution in [3.8, 4) is 5.75 Å². The summed E-state index contributed by atoms with van der Waals surface area (Å²) in [5.74, 6) is 1.00. The zero-order chi connectivity index (χ0) is 19.8. The predicted octanol–water partition coefficient (Wildman–Crippen LogP) is 3.77. The van der Waals surface area contributed by atoms with Gasteiger partial charge in [0.25, 0.3) is 0 Å². The van der Waals surface area contributed by atoms with E-state index in [0.29, 0.717) is 25.4 Å². The highest BCUT2D eigenvalue weighted by atomic mass is 16.5. The predicted molar refractivity (Wildman–Crippen MR) is 109 cm³/mol. The van der Waals surface area contributed by atoms with Crippen LogP contribution in [-0.2, 0) is 4.79 Å². The van der Waals surface area contributed by atoms with Crippen LogP contribution in [0, 0.1) is 0 Å². The van der Waals surface area contributed by atoms with Crippen LogP contribution < -0.4 is 15.4 Å². The Kier molecular flexibility index (Phi) is 7.57. The average Bonchev–Trinajstić information content (AvgIpc) is 3.22. The molecule has 28 heavy (non-hydrogen) atoms. The molecule has 2 aliphatic rings. The van der Waals surface area contributed by atoms with Gasteiger partial charge in [-0.1, -0.05) is 31.4 Å². The molecule has 6 heteroatoms. The number of ether oxygens (including phenoxy) is 1. The summed E-state index contributed by atoms with van der Waals surface area (Å²) < 4.78 is 5.22. The number of hydrogen-bond acceptors (Lipinski definition) is 3. The van der Waals surface area contributed by atoms with Gasteiger partial charge < -0.3 is 20.3 Å². The molecule has 2 fully saturated rings. The van der Waals surface area contributed by atoms with E-state index in [4.69, 9.17) is 4.74 Å². The number of urea groups is 1. The minimum Gasteiger partial charge on any atom is -0.497 e. The van der Waals surface area contributed by atoms with Gasteiger partial charge in [0.05, 0.1) is 13.2 Å². The fourth-order valence-corrected chi connectivity index (χ4v) is 4.31. The highest BCUT2D eigenvalue weighted by Crippen LogP contribution is 2.33. The Bertz CT molecular complexity index is 641. The van der Waals surface area contributed by atoms with Gasteiger partial charge in [-0.05, 0) is 49.8 Å². The molecule has 3 amide bonds. The number of hydrogen-bond donors (Lipinski definition) is 2. The Labute approximate surface area is 168 Å². The maximum Gasteiger partial charge on any atom is 0.315 e. The first kappa shape index (κ1) is 20.5. The third-order valence-corrected chi connectivity index (χ3v) is 5.87. The summed E-state index contributed by atoms with van der Waals surface area (Å²) >= 11 is 0. The molecule has 3 rings (SSSR count). The fourth-order valence-electron chi connectivity index (χ4n) is 4.31. The lowest BCUT2D eigenvalue weighted by Crippen LogP contribution is -2.43. The number of carbonyl (C=O) groups excluding carboxylic acids is 2. The summed E-state index contributed by atoms with van der Waals surface area (Å²) in [4.78, 5) is 26.7. The van der Waals surface area contributed by atoms with E-state index in [1.54, 1.807) is 7.11 Å². The van der Waals surface area contributed by atoms with Crippen molar-refractivity contribution in [1.82, 2.24) is 15.5 Å². The maximum atomic E-state index is 12.7. The molecular weight excluding hydrogens is 354 g/mol. The number of carbonyl (C=O) groups is 2. The van der Waals surface area contributed by atoms with E-state index < -0.39 is 0 Å². The lowest BCUT2D eigenvalue weighted by molar-refractivity contribution is -0.132. The van der Waals surface area contributed by atoms with Gasteiger partial charge in [0.1, 0.15) is 5.75 Å². The summed E-state index contributed by atoms with van der Waals surface area (Å²) in [6.45, 7) is 1.34. The van der Waals surface area contributed by atoms with Crippen molar-refractivity contribution in [3.63, 3.8) is 0 Å². The van der Waals surface area contributed by atoms with E-state index >= 15 is 0 Å². The molecule has 0 radical (unpaired) electrons. The van der Waals surface area contributed by atoms with Gasteiger partial charge in [-0.2, -0.15) is 0 Å². The van der Waals surface area contributed by atoms with Crippen molar-refractivity contribution in [2.45, 2.75) is 69.9 Å². The molecule has 1 unspecified atom stereocenters. The molecule has 1 aromatic carbocycles. The number of amides is 3. The minimum absolute atomic E-state index is 0.100. The molecule has 1 aliphatic carbocycles. The van der Waals surface area contributed by atoms with E-state index in [-0.39, 0.29) is 18.0 Å². The standard InChI is InChI=1S/C22H33N3O3/c1-28-19-13-11-17(12-14-19)20-9-6-16-25(20)21(26)10-5-15-23-22(27)24-18-7-3-2-4-8-18/h11-14,18,20H,2-10,15-16H2,1H3,(H2,23,24,27). The zero-order valence-electron chi connectivity index (χ0n) is 16.9. The van der Waals surface area contributed by atoms with Gasteiger partial charge in [0.15, 0.2) is 0 Å². The second-order valence-electron chi connectivity index (χ2n) is 7.86. The number of methoxy groups -OCH3 is 1. The van der Waals surface area contributed by atoms with E-state index in [9.17, 15) is 9.59 Å². The third kappa shape index (κ3) is 5.63. The molecule has 0 aromatic heterocycles. The molecule has 6 nitrogen and oxygen atoms in total. The summed E-state index contributed by atoms with van der Waals surface area (Å²) in [7, 11) is 1.66. The van der Waals surface area contributed by atoms with Gasteiger partial charge in [-0.15, -0.1) is 0 Å². The summed E-state index contributed by atoms with van der Waals surface area (Å²) in [5.41, 5.74) is 1.16. The number of likely N-dealkylation sites (tertiary alicyclic amines) is 1. The molecule has 1 aromatic rings. The molecule has 1 saturated carbocycles. The van der Waals surface area contributed by atoms with Crippen molar-refractivity contribution in [2.75, 3.05) is 20.2 Å². The van der Waals surface area contributed by atoms with Crippen molar-refractivity contribution in [1.29, 1.82) is 0 Å². The van der Waals surface area contributed by atoms with E-state index in [1.165, 1.54) is 19.3 Å². The van der Waals surface area contributed by atoms with Crippen LogP contribution in [0.1, 0.15) is 69.4 Å². The van der Waals surface area contributed by atoms with Crippen LogP contribution in [0.4, 0.5) is 4.79 Å². The van der Waals surface area contributed by atoms with Gasteiger partial charge in [-0.25, -0.2) is 4.79 Å². The molecule has 0 spiro atoms. The molecular formula is C22H33N3O3. The van der Waals surface area contributed by atoms with Gasteiger partial charge in [0, 0.05) is 25.6 Å². The van der Waals surface area contributed by atoms with E-state index in [0.717, 1.165) is 43.5 Å². The molecule has 1 saturated heterocycles. The number of benzene rings is 1. The highest BCUT2D eigenvalue weighted by molar-refractivity contribution is 5.77. The molecule has 1 aliphatic heterocycles. The van der Waals surface area contributed by atoms with Crippen molar-refractivity contribution < 1.29 is 14.3 Å². The van der Waals surface area contributed by atoms with Crippen molar-refractivity contribution >= 4 is 11.9 Å². The van der Waals surface area contributed by atoms with Crippen LogP contribution >= 0.6 is 0 Å². The lowest BCUT2D eigenvalue weighted by Gasteiger charge is -2.25. The SMILES string of the molecule is COc1ccc(C2CCCN2C(=O)CCCNC(=O)NC2CCCCC2)cc1. The van der Waals surface area contributed by atoms with E-state index in [1.807, 2.05) is 29.2 Å². The Morgan fingerprint density at radius 1 is 1.07 bits per heavy atom. The summed E-state index contributed by atoms with van der Waals surface area (Å²) in [5, 5.41) is 5.94. The lowest BCUT2D eigenvalue weighted by atomic mass is 9.96.